The van der Waals surface area contributed by atoms with Crippen molar-refractivity contribution in [2.75, 3.05) is 7.05 Å². The van der Waals surface area contributed by atoms with E-state index < -0.39 is 27.4 Å². The van der Waals surface area contributed by atoms with E-state index >= 15 is 0 Å². The number of hydrogen-bond acceptors (Lipinski definition) is 4. The minimum absolute atomic E-state index is 0. The summed E-state index contributed by atoms with van der Waals surface area (Å²) in [5.41, 5.74) is -0.786. The van der Waals surface area contributed by atoms with Gasteiger partial charge in [0, 0.05) is 5.56 Å². The molecule has 0 atom stereocenters. The Labute approximate surface area is 114 Å². The number of carboxylic acid groups (broad SMARTS) is 1. The van der Waals surface area contributed by atoms with Crippen LogP contribution in [0.4, 0.5) is 4.39 Å². The minimum atomic E-state index is -3.78. The fourth-order valence-corrected chi connectivity index (χ4v) is 1.70. The standard InChI is InChI=1S/C8H8FNO4S.Na/c1-10-15(13,14)5-2-3-7(9)6(4-5)8(11)12;/h2-4,10H,1H3,(H,11,12);/q;+1/p-1. The van der Waals surface area contributed by atoms with Gasteiger partial charge < -0.3 is 9.90 Å². The monoisotopic (exact) mass is 255 g/mol. The number of aromatic carboxylic acids is 1. The van der Waals surface area contributed by atoms with Crippen molar-refractivity contribution in [2.45, 2.75) is 4.90 Å². The van der Waals surface area contributed by atoms with Crippen molar-refractivity contribution in [1.29, 1.82) is 0 Å². The molecule has 0 saturated carbocycles. The first-order chi connectivity index (χ1) is 6.88. The molecule has 0 unspecified atom stereocenters. The van der Waals surface area contributed by atoms with E-state index in [-0.39, 0.29) is 34.5 Å². The van der Waals surface area contributed by atoms with Crippen molar-refractivity contribution >= 4 is 16.0 Å². The molecule has 0 amide bonds. The van der Waals surface area contributed by atoms with E-state index in [9.17, 15) is 22.7 Å². The zero-order valence-corrected chi connectivity index (χ0v) is 11.5. The van der Waals surface area contributed by atoms with Gasteiger partial charge in [0.25, 0.3) is 0 Å². The van der Waals surface area contributed by atoms with Crippen molar-refractivity contribution < 1.29 is 52.3 Å². The zero-order chi connectivity index (χ0) is 11.6. The maximum absolute atomic E-state index is 12.9. The summed E-state index contributed by atoms with van der Waals surface area (Å²) >= 11 is 0. The summed E-state index contributed by atoms with van der Waals surface area (Å²) in [4.78, 5) is 10.1. The second-order valence-electron chi connectivity index (χ2n) is 2.64. The summed E-state index contributed by atoms with van der Waals surface area (Å²) < 4.78 is 37.3. The van der Waals surface area contributed by atoms with Crippen LogP contribution in [0.15, 0.2) is 23.1 Å². The maximum Gasteiger partial charge on any atom is 1.00 e. The van der Waals surface area contributed by atoms with Gasteiger partial charge in [0.05, 0.1) is 10.9 Å². The molecule has 5 nitrogen and oxygen atoms in total. The first-order valence-corrected chi connectivity index (χ1v) is 5.31. The Morgan fingerprint density at radius 1 is 1.44 bits per heavy atom. The van der Waals surface area contributed by atoms with Crippen LogP contribution in [0.1, 0.15) is 10.4 Å². The molecule has 1 aromatic rings. The summed E-state index contributed by atoms with van der Waals surface area (Å²) in [6.45, 7) is 0. The molecule has 0 aliphatic carbocycles. The number of carbonyl (C=O) groups is 1. The Balaban J connectivity index is 0.00000225. The second-order valence-corrected chi connectivity index (χ2v) is 4.52. The van der Waals surface area contributed by atoms with Crippen molar-refractivity contribution in [3.63, 3.8) is 0 Å². The molecular weight excluding hydrogens is 248 g/mol. The summed E-state index contributed by atoms with van der Waals surface area (Å²) in [6.07, 6.45) is 0. The Morgan fingerprint density at radius 3 is 2.44 bits per heavy atom. The second kappa shape index (κ2) is 5.74. The van der Waals surface area contributed by atoms with E-state index in [1.165, 1.54) is 0 Å². The number of carbonyl (C=O) groups excluding carboxylic acids is 1. The van der Waals surface area contributed by atoms with Crippen LogP contribution in [-0.2, 0) is 10.0 Å². The smallest absolute Gasteiger partial charge is 0.545 e. The molecule has 0 heterocycles. The van der Waals surface area contributed by atoms with Gasteiger partial charge in [0.1, 0.15) is 5.82 Å². The van der Waals surface area contributed by atoms with Crippen molar-refractivity contribution in [3.05, 3.63) is 29.6 Å². The molecule has 1 N–H and O–H groups in total. The number of rotatable bonds is 3. The summed E-state index contributed by atoms with van der Waals surface area (Å²) in [5.74, 6) is -2.80. The third-order valence-electron chi connectivity index (χ3n) is 1.74. The SMILES string of the molecule is CNS(=O)(=O)c1ccc(F)c(C(=O)[O-])c1.[Na+]. The molecule has 8 heteroatoms. The predicted octanol–water partition coefficient (Wildman–Crippen LogP) is -3.90. The normalized spacial score (nSPS) is 10.6. The van der Waals surface area contributed by atoms with E-state index in [0.717, 1.165) is 19.2 Å². The maximum atomic E-state index is 12.9. The van der Waals surface area contributed by atoms with Gasteiger partial charge in [-0.2, -0.15) is 0 Å². The third-order valence-corrected chi connectivity index (χ3v) is 3.15. The molecule has 0 saturated heterocycles. The molecule has 0 aliphatic heterocycles. The average molecular weight is 255 g/mol. The molecule has 0 bridgehead atoms. The zero-order valence-electron chi connectivity index (χ0n) is 8.65. The Hall–Kier alpha value is -0.470. The number of hydrogen-bond donors (Lipinski definition) is 1. The quantitative estimate of drug-likeness (QED) is 0.559. The summed E-state index contributed by atoms with van der Waals surface area (Å²) in [5, 5.41) is 10.4. The number of sulfonamides is 1. The van der Waals surface area contributed by atoms with E-state index in [0.29, 0.717) is 6.07 Å². The molecule has 1 aromatic carbocycles. The van der Waals surface area contributed by atoms with Crippen molar-refractivity contribution in [3.8, 4) is 0 Å². The van der Waals surface area contributed by atoms with Gasteiger partial charge in [-0.1, -0.05) is 0 Å². The van der Waals surface area contributed by atoms with Crippen LogP contribution in [0.5, 0.6) is 0 Å². The fraction of sp³-hybridized carbons (Fsp3) is 0.125. The molecule has 0 spiro atoms. The van der Waals surface area contributed by atoms with Crippen LogP contribution in [0.25, 0.3) is 0 Å². The first-order valence-electron chi connectivity index (χ1n) is 3.83. The average Bonchev–Trinajstić information content (AvgIpc) is 2.17. The van der Waals surface area contributed by atoms with E-state index in [2.05, 4.69) is 0 Å². The fourth-order valence-electron chi connectivity index (χ4n) is 0.946. The van der Waals surface area contributed by atoms with Crippen LogP contribution in [0.3, 0.4) is 0 Å². The minimum Gasteiger partial charge on any atom is -0.545 e. The topological polar surface area (TPSA) is 86.3 Å². The van der Waals surface area contributed by atoms with Crippen LogP contribution in [-0.4, -0.2) is 21.4 Å². The van der Waals surface area contributed by atoms with Gasteiger partial charge >= 0.3 is 29.6 Å². The van der Waals surface area contributed by atoms with Gasteiger partial charge in [-0.05, 0) is 25.2 Å². The van der Waals surface area contributed by atoms with Crippen LogP contribution < -0.4 is 39.4 Å². The van der Waals surface area contributed by atoms with Crippen LogP contribution in [0.2, 0.25) is 0 Å². The molecule has 0 radical (unpaired) electrons. The molecule has 16 heavy (non-hydrogen) atoms. The van der Waals surface area contributed by atoms with E-state index in [1.54, 1.807) is 0 Å². The van der Waals surface area contributed by atoms with E-state index in [4.69, 9.17) is 0 Å². The molecule has 82 valence electrons. The molecule has 0 aromatic heterocycles. The molecule has 1 rings (SSSR count). The Kier molecular flexibility index (Phi) is 5.57. The molecule has 0 aliphatic rings. The first kappa shape index (κ1) is 15.5. The van der Waals surface area contributed by atoms with Gasteiger partial charge in [-0.25, -0.2) is 17.5 Å². The molecular formula is C8H7FNNaO4S. The van der Waals surface area contributed by atoms with Crippen LogP contribution >= 0.6 is 0 Å². The predicted molar refractivity (Wildman–Crippen MR) is 47.0 cm³/mol. The summed E-state index contributed by atoms with van der Waals surface area (Å²) in [7, 11) is -2.61. The summed E-state index contributed by atoms with van der Waals surface area (Å²) in [6, 6.07) is 2.43. The number of halogens is 1. The van der Waals surface area contributed by atoms with Gasteiger partial charge in [0.15, 0.2) is 0 Å². The van der Waals surface area contributed by atoms with Crippen molar-refractivity contribution in [1.82, 2.24) is 4.72 Å². The van der Waals surface area contributed by atoms with Crippen LogP contribution in [0, 0.1) is 5.82 Å². The Morgan fingerprint density at radius 2 is 2.00 bits per heavy atom. The number of nitrogens with one attached hydrogen (secondary N) is 1. The Bertz CT molecular complexity index is 503. The number of carboxylic acids is 1. The van der Waals surface area contributed by atoms with Gasteiger partial charge in [-0.3, -0.25) is 0 Å². The molecule has 0 fully saturated rings. The van der Waals surface area contributed by atoms with E-state index in [1.807, 2.05) is 4.72 Å². The van der Waals surface area contributed by atoms with Crippen molar-refractivity contribution in [2.24, 2.45) is 0 Å². The van der Waals surface area contributed by atoms with Gasteiger partial charge in [-0.15, -0.1) is 0 Å². The largest absolute Gasteiger partial charge is 1.00 e. The number of benzene rings is 1. The third kappa shape index (κ3) is 3.26. The van der Waals surface area contributed by atoms with Gasteiger partial charge in [0.2, 0.25) is 10.0 Å².